The molecule has 2 aliphatic rings. The van der Waals surface area contributed by atoms with Gasteiger partial charge >= 0.3 is 0 Å². The highest BCUT2D eigenvalue weighted by Gasteiger charge is 2.29. The van der Waals surface area contributed by atoms with Crippen LogP contribution in [0.1, 0.15) is 36.0 Å². The van der Waals surface area contributed by atoms with Crippen LogP contribution in [0, 0.1) is 6.92 Å². The predicted molar refractivity (Wildman–Crippen MR) is 99.7 cm³/mol. The third-order valence-corrected chi connectivity index (χ3v) is 5.54. The molecule has 0 aromatic carbocycles. The molecule has 2 aromatic rings. The number of hydrogen-bond acceptors (Lipinski definition) is 5. The van der Waals surface area contributed by atoms with Crippen LogP contribution >= 0.6 is 0 Å². The summed E-state index contributed by atoms with van der Waals surface area (Å²) in [6.45, 7) is 8.51. The van der Waals surface area contributed by atoms with Gasteiger partial charge in [-0.05, 0) is 45.0 Å². The van der Waals surface area contributed by atoms with E-state index in [1.54, 1.807) is 0 Å². The summed E-state index contributed by atoms with van der Waals surface area (Å²) in [6.07, 6.45) is 6.32. The van der Waals surface area contributed by atoms with E-state index >= 15 is 0 Å². The molecule has 2 aliphatic heterocycles. The largest absolute Gasteiger partial charge is 0.354 e. The van der Waals surface area contributed by atoms with Crippen LogP contribution in [0.15, 0.2) is 24.5 Å². The third kappa shape index (κ3) is 3.55. The lowest BCUT2D eigenvalue weighted by Gasteiger charge is -2.32. The Labute approximate surface area is 149 Å². The van der Waals surface area contributed by atoms with Crippen molar-refractivity contribution in [1.29, 1.82) is 0 Å². The number of aromatic amines is 1. The summed E-state index contributed by atoms with van der Waals surface area (Å²) < 4.78 is 0. The number of nitrogens with one attached hydrogen (secondary N) is 1. The van der Waals surface area contributed by atoms with E-state index in [2.05, 4.69) is 49.7 Å². The van der Waals surface area contributed by atoms with Crippen molar-refractivity contribution in [2.45, 2.75) is 32.4 Å². The van der Waals surface area contributed by atoms with Gasteiger partial charge in [0, 0.05) is 32.4 Å². The van der Waals surface area contributed by atoms with Crippen LogP contribution < -0.4 is 4.90 Å². The number of rotatable bonds is 4. The number of H-pyrrole nitrogens is 1. The third-order valence-electron chi connectivity index (χ3n) is 5.54. The zero-order valence-corrected chi connectivity index (χ0v) is 15.3. The molecule has 1 unspecified atom stereocenters. The highest BCUT2D eigenvalue weighted by molar-refractivity contribution is 5.37. The lowest BCUT2D eigenvalue weighted by molar-refractivity contribution is 0.238. The summed E-state index contributed by atoms with van der Waals surface area (Å²) in [4.78, 5) is 20.1. The fourth-order valence-corrected chi connectivity index (χ4v) is 4.00. The van der Waals surface area contributed by atoms with Crippen LogP contribution in [0.4, 0.5) is 5.82 Å². The Kier molecular flexibility index (Phi) is 4.72. The van der Waals surface area contributed by atoms with Crippen molar-refractivity contribution in [2.75, 3.05) is 44.7 Å². The summed E-state index contributed by atoms with van der Waals surface area (Å²) in [5.41, 5.74) is 2.52. The highest BCUT2D eigenvalue weighted by atomic mass is 15.3. The molecular weight excluding hydrogens is 312 g/mol. The van der Waals surface area contributed by atoms with Crippen molar-refractivity contribution in [2.24, 2.45) is 0 Å². The second-order valence-corrected chi connectivity index (χ2v) is 7.34. The molecule has 0 radical (unpaired) electrons. The van der Waals surface area contributed by atoms with Gasteiger partial charge in [-0.2, -0.15) is 0 Å². The van der Waals surface area contributed by atoms with Gasteiger partial charge in [-0.25, -0.2) is 4.98 Å². The van der Waals surface area contributed by atoms with E-state index in [9.17, 15) is 0 Å². The van der Waals surface area contributed by atoms with Gasteiger partial charge < -0.3 is 14.8 Å². The highest BCUT2D eigenvalue weighted by Crippen LogP contribution is 2.33. The van der Waals surface area contributed by atoms with Gasteiger partial charge in [-0.1, -0.05) is 6.07 Å². The van der Waals surface area contributed by atoms with Gasteiger partial charge in [0.2, 0.25) is 0 Å². The smallest absolute Gasteiger partial charge is 0.126 e. The van der Waals surface area contributed by atoms with E-state index in [-0.39, 0.29) is 0 Å². The molecule has 2 fully saturated rings. The lowest BCUT2D eigenvalue weighted by Crippen LogP contribution is -2.44. The van der Waals surface area contributed by atoms with E-state index in [1.165, 1.54) is 24.1 Å². The molecule has 2 aromatic heterocycles. The average Bonchev–Trinajstić information content (AvgIpc) is 3.26. The van der Waals surface area contributed by atoms with Crippen LogP contribution in [0.3, 0.4) is 0 Å². The number of anilines is 1. The Morgan fingerprint density at radius 3 is 2.80 bits per heavy atom. The maximum atomic E-state index is 4.65. The molecule has 0 spiro atoms. The lowest BCUT2D eigenvalue weighted by atomic mass is 10.1. The molecule has 0 saturated carbocycles. The van der Waals surface area contributed by atoms with Gasteiger partial charge in [0.25, 0.3) is 0 Å². The maximum absolute atomic E-state index is 4.65. The van der Waals surface area contributed by atoms with Gasteiger partial charge in [0.15, 0.2) is 0 Å². The first-order valence-corrected chi connectivity index (χ1v) is 9.33. The maximum Gasteiger partial charge on any atom is 0.126 e. The van der Waals surface area contributed by atoms with Crippen LogP contribution in [-0.2, 0) is 6.54 Å². The fraction of sp³-hybridized carbons (Fsp3) is 0.579. The minimum atomic E-state index is 0.415. The van der Waals surface area contributed by atoms with E-state index in [4.69, 9.17) is 0 Å². The molecule has 25 heavy (non-hydrogen) atoms. The molecule has 1 N–H and O–H groups in total. The number of hydrogen-bond donors (Lipinski definition) is 1. The van der Waals surface area contributed by atoms with Crippen molar-refractivity contribution in [3.8, 4) is 0 Å². The molecule has 6 nitrogen and oxygen atoms in total. The van der Waals surface area contributed by atoms with Crippen molar-refractivity contribution < 1.29 is 0 Å². The summed E-state index contributed by atoms with van der Waals surface area (Å²) >= 11 is 0. The van der Waals surface area contributed by atoms with E-state index in [1.807, 2.05) is 18.5 Å². The number of likely N-dealkylation sites (tertiary alicyclic amines) is 1. The molecule has 0 bridgehead atoms. The molecule has 134 valence electrons. The van der Waals surface area contributed by atoms with Crippen LogP contribution in [0.2, 0.25) is 0 Å². The molecular formula is C19H28N6. The first kappa shape index (κ1) is 16.5. The second-order valence-electron chi connectivity index (χ2n) is 7.34. The number of aryl methyl sites for hydroxylation is 1. The van der Waals surface area contributed by atoms with Gasteiger partial charge in [-0.3, -0.25) is 9.88 Å². The summed E-state index contributed by atoms with van der Waals surface area (Å²) in [5.74, 6) is 2.22. The van der Waals surface area contributed by atoms with E-state index in [0.29, 0.717) is 6.04 Å². The molecule has 4 heterocycles. The standard InChI is InChI=1S/C19H28N6/c1-15-5-3-7-20-19(15)16-6-4-8-25(16)14-17-21-13-18(22-17)24-11-9-23(2)10-12-24/h3,5,7,13,16H,4,6,8-12,14H2,1-2H3,(H,21,22). The van der Waals surface area contributed by atoms with Crippen molar-refractivity contribution in [1.82, 2.24) is 24.8 Å². The molecule has 4 rings (SSSR count). The molecule has 2 saturated heterocycles. The second kappa shape index (κ2) is 7.14. The van der Waals surface area contributed by atoms with Gasteiger partial charge in [-0.15, -0.1) is 0 Å². The van der Waals surface area contributed by atoms with Gasteiger partial charge in [0.1, 0.15) is 11.6 Å². The normalized spacial score (nSPS) is 22.6. The Balaban J connectivity index is 1.44. The van der Waals surface area contributed by atoms with Crippen LogP contribution in [0.5, 0.6) is 0 Å². The molecule has 0 aliphatic carbocycles. The van der Waals surface area contributed by atoms with Crippen molar-refractivity contribution >= 4 is 5.82 Å². The van der Waals surface area contributed by atoms with Crippen LogP contribution in [-0.4, -0.2) is 64.5 Å². The monoisotopic (exact) mass is 340 g/mol. The Morgan fingerprint density at radius 1 is 1.16 bits per heavy atom. The van der Waals surface area contributed by atoms with Crippen molar-refractivity contribution in [3.05, 3.63) is 41.6 Å². The quantitative estimate of drug-likeness (QED) is 0.925. The average molecular weight is 340 g/mol. The zero-order valence-electron chi connectivity index (χ0n) is 15.3. The summed E-state index contributed by atoms with van der Waals surface area (Å²) in [6, 6.07) is 4.60. The molecule has 6 heteroatoms. The Bertz CT molecular complexity index is 703. The van der Waals surface area contributed by atoms with Crippen LogP contribution in [0.25, 0.3) is 0 Å². The molecule has 1 atom stereocenters. The van der Waals surface area contributed by atoms with E-state index < -0.39 is 0 Å². The Morgan fingerprint density at radius 2 is 2.00 bits per heavy atom. The first-order valence-electron chi connectivity index (χ1n) is 9.33. The molecule has 0 amide bonds. The first-order chi connectivity index (χ1) is 12.2. The minimum absolute atomic E-state index is 0.415. The predicted octanol–water partition coefficient (Wildman–Crippen LogP) is 2.20. The number of aromatic nitrogens is 3. The summed E-state index contributed by atoms with van der Waals surface area (Å²) in [5, 5.41) is 0. The minimum Gasteiger partial charge on any atom is -0.354 e. The zero-order chi connectivity index (χ0) is 17.2. The van der Waals surface area contributed by atoms with Gasteiger partial charge in [0.05, 0.1) is 24.5 Å². The number of nitrogens with zero attached hydrogens (tertiary/aromatic N) is 5. The number of pyridine rings is 1. The number of likely N-dealkylation sites (N-methyl/N-ethyl adjacent to an activating group) is 1. The Hall–Kier alpha value is -1.92. The SMILES string of the molecule is Cc1cccnc1C1CCCN1Cc1ncc(N2CCN(C)CC2)[nH]1. The van der Waals surface area contributed by atoms with Crippen molar-refractivity contribution in [3.63, 3.8) is 0 Å². The topological polar surface area (TPSA) is 51.3 Å². The van der Waals surface area contributed by atoms with E-state index in [0.717, 1.165) is 50.9 Å². The number of piperazine rings is 1. The fourth-order valence-electron chi connectivity index (χ4n) is 4.00. The number of imidazole rings is 1. The summed E-state index contributed by atoms with van der Waals surface area (Å²) in [7, 11) is 2.18.